The molecule has 0 saturated heterocycles. The molecular weight excluding hydrogens is 444 g/mol. The third-order valence-corrected chi connectivity index (χ3v) is 5.11. The molecule has 3 aromatic rings. The number of hydrogen-bond acceptors (Lipinski definition) is 7. The molecule has 0 saturated carbocycles. The van der Waals surface area contributed by atoms with Gasteiger partial charge in [-0.1, -0.05) is 11.2 Å². The van der Waals surface area contributed by atoms with Crippen LogP contribution in [0.15, 0.2) is 65.4 Å². The average Bonchev–Trinajstić information content (AvgIpc) is 3.48. The van der Waals surface area contributed by atoms with Gasteiger partial charge in [0.15, 0.2) is 23.2 Å². The molecule has 172 valence electrons. The predicted molar refractivity (Wildman–Crippen MR) is 118 cm³/mol. The molecule has 0 spiro atoms. The lowest BCUT2D eigenvalue weighted by molar-refractivity contribution is 0.233. The molecule has 5 rings (SSSR count). The zero-order valence-corrected chi connectivity index (χ0v) is 17.9. The van der Waals surface area contributed by atoms with Gasteiger partial charge >= 0.3 is 0 Å². The van der Waals surface area contributed by atoms with Crippen molar-refractivity contribution in [2.24, 2.45) is 0 Å². The van der Waals surface area contributed by atoms with Gasteiger partial charge in [0.25, 0.3) is 0 Å². The van der Waals surface area contributed by atoms with E-state index < -0.39 is 11.6 Å². The van der Waals surface area contributed by atoms with Gasteiger partial charge in [-0.05, 0) is 36.4 Å². The Morgan fingerprint density at radius 1 is 1.00 bits per heavy atom. The van der Waals surface area contributed by atoms with Gasteiger partial charge in [0.1, 0.15) is 29.4 Å². The number of ether oxygens (including phenoxy) is 1. The van der Waals surface area contributed by atoms with Crippen molar-refractivity contribution < 1.29 is 23.1 Å². The summed E-state index contributed by atoms with van der Waals surface area (Å²) in [5.41, 5.74) is 2.48. The fourth-order valence-corrected chi connectivity index (χ4v) is 3.40. The molecule has 1 aromatic heterocycles. The maximum atomic E-state index is 14.1. The van der Waals surface area contributed by atoms with Crippen LogP contribution in [0.1, 0.15) is 12.2 Å². The highest BCUT2D eigenvalue weighted by Gasteiger charge is 2.18. The van der Waals surface area contributed by atoms with E-state index in [1.807, 2.05) is 30.3 Å². The van der Waals surface area contributed by atoms with Crippen LogP contribution in [-0.2, 0) is 6.54 Å². The number of nitrogens with zero attached hydrogens (tertiary/aromatic N) is 5. The molecule has 2 aliphatic heterocycles. The summed E-state index contributed by atoms with van der Waals surface area (Å²) in [7, 11) is 0. The van der Waals surface area contributed by atoms with Gasteiger partial charge in [0.05, 0.1) is 24.6 Å². The van der Waals surface area contributed by atoms with Crippen LogP contribution in [0.5, 0.6) is 5.75 Å². The van der Waals surface area contributed by atoms with Crippen LogP contribution in [0.3, 0.4) is 0 Å². The first-order valence-electron chi connectivity index (χ1n) is 10.5. The number of aliphatic hydroxyl groups is 1. The van der Waals surface area contributed by atoms with Gasteiger partial charge in [-0.2, -0.15) is 5.10 Å². The van der Waals surface area contributed by atoms with Crippen molar-refractivity contribution in [2.45, 2.75) is 13.0 Å². The van der Waals surface area contributed by atoms with Gasteiger partial charge < -0.3 is 14.4 Å². The first kappa shape index (κ1) is 21.7. The van der Waals surface area contributed by atoms with Crippen LogP contribution < -0.4 is 4.74 Å². The minimum Gasteiger partial charge on any atom is -0.494 e. The zero-order valence-electron chi connectivity index (χ0n) is 17.9. The van der Waals surface area contributed by atoms with Gasteiger partial charge in [-0.3, -0.25) is 4.68 Å². The van der Waals surface area contributed by atoms with E-state index >= 15 is 0 Å². The third kappa shape index (κ3) is 4.48. The molecule has 2 aromatic carbocycles. The molecular formula is C24H19F2N5O3. The number of aromatic nitrogens is 5. The summed E-state index contributed by atoms with van der Waals surface area (Å²) in [6.07, 6.45) is 3.74. The molecule has 0 bridgehead atoms. The quantitative estimate of drug-likeness (QED) is 0.345. The molecule has 2 aliphatic rings. The second-order valence-electron chi connectivity index (χ2n) is 7.52. The minimum absolute atomic E-state index is 0.00700. The van der Waals surface area contributed by atoms with Crippen molar-refractivity contribution in [1.82, 2.24) is 24.9 Å². The van der Waals surface area contributed by atoms with Crippen molar-refractivity contribution in [3.8, 4) is 39.8 Å². The normalized spacial score (nSPS) is 11.3. The molecule has 0 aliphatic carbocycles. The third-order valence-electron chi connectivity index (χ3n) is 5.11. The molecule has 0 radical (unpaired) electrons. The number of imidazole rings is 1. The number of benzene rings is 2. The molecule has 10 heteroatoms. The number of halogens is 2. The van der Waals surface area contributed by atoms with E-state index in [1.165, 1.54) is 18.3 Å². The number of fused-ring (bicyclic) bond motifs is 1. The smallest absolute Gasteiger partial charge is 0.169 e. The Morgan fingerprint density at radius 2 is 1.82 bits per heavy atom. The van der Waals surface area contributed by atoms with Gasteiger partial charge in [-0.15, -0.1) is 0 Å². The van der Waals surface area contributed by atoms with Crippen molar-refractivity contribution in [1.29, 1.82) is 0 Å². The standard InChI is InChI=1S/C24H19F2N5O3/c25-19-4-1-3-18(23(19)26)24-28-21-12-27-31(14-22(21)29-24)13-17-11-20(30-34-17)15-5-7-16(8-6-15)33-10-2-9-32/h1,3-8,11-12,14,32H,2,9-10,13H2. The first-order chi connectivity index (χ1) is 16.6. The largest absolute Gasteiger partial charge is 0.494 e. The van der Waals surface area contributed by atoms with Crippen LogP contribution in [0.4, 0.5) is 8.78 Å². The number of hydrogen-bond donors (Lipinski definition) is 1. The van der Waals surface area contributed by atoms with E-state index in [0.29, 0.717) is 48.2 Å². The molecule has 34 heavy (non-hydrogen) atoms. The van der Waals surface area contributed by atoms with Crippen molar-refractivity contribution in [3.05, 3.63) is 78.3 Å². The lowest BCUT2D eigenvalue weighted by Gasteiger charge is -2.05. The highest BCUT2D eigenvalue weighted by Crippen LogP contribution is 2.27. The van der Waals surface area contributed by atoms with Gasteiger partial charge in [0, 0.05) is 24.7 Å². The molecule has 0 amide bonds. The Hall–Kier alpha value is -4.18. The Kier molecular flexibility index (Phi) is 5.96. The summed E-state index contributed by atoms with van der Waals surface area (Å²) in [5, 5.41) is 17.2. The van der Waals surface area contributed by atoms with E-state index in [1.54, 1.807) is 10.9 Å². The lowest BCUT2D eigenvalue weighted by atomic mass is 10.1. The van der Waals surface area contributed by atoms with E-state index in [-0.39, 0.29) is 18.0 Å². The van der Waals surface area contributed by atoms with Crippen LogP contribution >= 0.6 is 0 Å². The Balaban J connectivity index is 1.31. The summed E-state index contributed by atoms with van der Waals surface area (Å²) in [6.45, 7) is 0.831. The Bertz CT molecular complexity index is 1380. The highest BCUT2D eigenvalue weighted by molar-refractivity contribution is 5.65. The van der Waals surface area contributed by atoms with Crippen molar-refractivity contribution in [3.63, 3.8) is 0 Å². The topological polar surface area (TPSA) is 99.1 Å². The maximum Gasteiger partial charge on any atom is 0.169 e. The molecule has 8 nitrogen and oxygen atoms in total. The fourth-order valence-electron chi connectivity index (χ4n) is 3.40. The van der Waals surface area contributed by atoms with Crippen molar-refractivity contribution >= 4 is 0 Å². The molecule has 0 atom stereocenters. The van der Waals surface area contributed by atoms with Gasteiger partial charge in [0.2, 0.25) is 0 Å². The molecule has 1 N–H and O–H groups in total. The number of aliphatic hydroxyl groups excluding tert-OH is 1. The van der Waals surface area contributed by atoms with Crippen LogP contribution in [-0.4, -0.2) is 43.2 Å². The number of rotatable bonds is 8. The van der Waals surface area contributed by atoms with E-state index in [4.69, 9.17) is 14.4 Å². The molecule has 3 heterocycles. The van der Waals surface area contributed by atoms with E-state index in [9.17, 15) is 8.78 Å². The maximum absolute atomic E-state index is 14.1. The van der Waals surface area contributed by atoms with Crippen LogP contribution in [0, 0.1) is 11.6 Å². The van der Waals surface area contributed by atoms with E-state index in [2.05, 4.69) is 20.2 Å². The summed E-state index contributed by atoms with van der Waals surface area (Å²) >= 11 is 0. The first-order valence-corrected chi connectivity index (χ1v) is 10.5. The second kappa shape index (κ2) is 9.36. The average molecular weight is 463 g/mol. The van der Waals surface area contributed by atoms with Crippen LogP contribution in [0.2, 0.25) is 0 Å². The second-order valence-corrected chi connectivity index (χ2v) is 7.52. The predicted octanol–water partition coefficient (Wildman–Crippen LogP) is 4.19. The summed E-state index contributed by atoms with van der Waals surface area (Å²) in [6, 6.07) is 13.1. The highest BCUT2D eigenvalue weighted by atomic mass is 19.2. The zero-order chi connectivity index (χ0) is 23.5. The monoisotopic (exact) mass is 463 g/mol. The van der Waals surface area contributed by atoms with Gasteiger partial charge in [-0.25, -0.2) is 18.7 Å². The Morgan fingerprint density at radius 3 is 2.65 bits per heavy atom. The van der Waals surface area contributed by atoms with E-state index in [0.717, 1.165) is 11.6 Å². The SMILES string of the molecule is OCCCOc1ccc(-c2cc(Cn3cc4nc(-c5cccc(F)c5F)nc-4cn3)on2)cc1. The summed E-state index contributed by atoms with van der Waals surface area (Å²) in [5.74, 6) is -0.562. The van der Waals surface area contributed by atoms with Crippen molar-refractivity contribution in [2.75, 3.05) is 13.2 Å². The molecule has 0 fully saturated rings. The minimum atomic E-state index is -0.988. The summed E-state index contributed by atoms with van der Waals surface area (Å²) < 4.78 is 40.2. The summed E-state index contributed by atoms with van der Waals surface area (Å²) in [4.78, 5) is 8.58. The fraction of sp³-hybridized carbons (Fsp3) is 0.167. The lowest BCUT2D eigenvalue weighted by Crippen LogP contribution is -2.04. The Labute approximate surface area is 192 Å². The molecule has 0 unspecified atom stereocenters. The van der Waals surface area contributed by atoms with Crippen LogP contribution in [0.25, 0.3) is 34.0 Å².